The van der Waals surface area contributed by atoms with Crippen molar-refractivity contribution in [1.82, 2.24) is 0 Å². The number of anilines is 1. The van der Waals surface area contributed by atoms with E-state index in [0.29, 0.717) is 33.0 Å². The molecule has 0 amide bonds. The van der Waals surface area contributed by atoms with Gasteiger partial charge in [-0.3, -0.25) is 0 Å². The van der Waals surface area contributed by atoms with E-state index in [2.05, 4.69) is 5.32 Å². The maximum Gasteiger partial charge on any atom is 0.138 e. The molecule has 0 aliphatic carbocycles. The minimum Gasteiger partial charge on any atom is -0.489 e. The molecule has 6 heteroatoms. The lowest BCUT2D eigenvalue weighted by Gasteiger charge is -2.15. The molecule has 0 aliphatic heterocycles. The fourth-order valence-corrected chi connectivity index (χ4v) is 2.33. The summed E-state index contributed by atoms with van der Waals surface area (Å²) in [6, 6.07) is 12.2. The molecule has 1 unspecified atom stereocenters. The van der Waals surface area contributed by atoms with Crippen molar-refractivity contribution < 1.29 is 9.84 Å². The Morgan fingerprint density at radius 1 is 1.05 bits per heavy atom. The van der Waals surface area contributed by atoms with Crippen molar-refractivity contribution in [3.8, 4) is 5.75 Å². The monoisotopic (exact) mass is 345 g/mol. The van der Waals surface area contributed by atoms with Crippen molar-refractivity contribution in [3.05, 3.63) is 57.5 Å². The average molecular weight is 347 g/mol. The third kappa shape index (κ3) is 4.97. The van der Waals surface area contributed by atoms with Gasteiger partial charge in [-0.15, -0.1) is 0 Å². The Labute approximate surface area is 138 Å². The molecule has 0 radical (unpaired) electrons. The van der Waals surface area contributed by atoms with Gasteiger partial charge in [0.05, 0.1) is 15.7 Å². The average Bonchev–Trinajstić information content (AvgIpc) is 2.45. The second-order valence-corrected chi connectivity index (χ2v) is 5.65. The van der Waals surface area contributed by atoms with E-state index in [0.717, 1.165) is 0 Å². The first-order chi connectivity index (χ1) is 10.1. The van der Waals surface area contributed by atoms with Gasteiger partial charge in [-0.05, 0) is 30.3 Å². The van der Waals surface area contributed by atoms with Crippen LogP contribution in [0.25, 0.3) is 0 Å². The van der Waals surface area contributed by atoms with Gasteiger partial charge < -0.3 is 15.2 Å². The van der Waals surface area contributed by atoms with Gasteiger partial charge in [-0.2, -0.15) is 0 Å². The fraction of sp³-hybridized carbons (Fsp3) is 0.200. The van der Waals surface area contributed by atoms with Gasteiger partial charge in [0.1, 0.15) is 18.5 Å². The van der Waals surface area contributed by atoms with E-state index < -0.39 is 6.10 Å². The number of ether oxygens (including phenoxy) is 1. The Morgan fingerprint density at radius 2 is 1.81 bits per heavy atom. The quantitative estimate of drug-likeness (QED) is 0.809. The number of aliphatic hydroxyl groups is 1. The van der Waals surface area contributed by atoms with Crippen molar-refractivity contribution in [2.75, 3.05) is 18.5 Å². The van der Waals surface area contributed by atoms with Crippen LogP contribution in [0.15, 0.2) is 42.5 Å². The number of aliphatic hydroxyl groups excluding tert-OH is 1. The summed E-state index contributed by atoms with van der Waals surface area (Å²) >= 11 is 17.8. The first-order valence-corrected chi connectivity index (χ1v) is 7.44. The lowest BCUT2D eigenvalue weighted by atomic mass is 10.3. The number of benzene rings is 2. The zero-order valence-electron chi connectivity index (χ0n) is 11.0. The Bertz CT molecular complexity index is 607. The third-order valence-electron chi connectivity index (χ3n) is 2.73. The highest BCUT2D eigenvalue weighted by Gasteiger charge is 2.08. The first kappa shape index (κ1) is 16.2. The molecule has 0 heterocycles. The highest BCUT2D eigenvalue weighted by atomic mass is 35.5. The molecule has 112 valence electrons. The summed E-state index contributed by atoms with van der Waals surface area (Å²) in [6.07, 6.45) is -0.701. The molecule has 0 saturated carbocycles. The van der Waals surface area contributed by atoms with Crippen LogP contribution in [0.4, 0.5) is 5.69 Å². The number of rotatable bonds is 6. The molecular formula is C15H14Cl3NO2. The normalized spacial score (nSPS) is 12.0. The predicted molar refractivity (Wildman–Crippen MR) is 87.9 cm³/mol. The minimum atomic E-state index is -0.701. The summed E-state index contributed by atoms with van der Waals surface area (Å²) < 4.78 is 5.46. The smallest absolute Gasteiger partial charge is 0.138 e. The van der Waals surface area contributed by atoms with Crippen molar-refractivity contribution in [2.45, 2.75) is 6.10 Å². The third-order valence-corrected chi connectivity index (χ3v) is 3.59. The lowest BCUT2D eigenvalue weighted by Crippen LogP contribution is -2.26. The summed E-state index contributed by atoms with van der Waals surface area (Å²) in [5.41, 5.74) is 0.706. The van der Waals surface area contributed by atoms with Crippen LogP contribution in [-0.4, -0.2) is 24.4 Å². The Morgan fingerprint density at radius 3 is 2.52 bits per heavy atom. The summed E-state index contributed by atoms with van der Waals surface area (Å²) in [7, 11) is 0. The number of para-hydroxylation sites is 1. The van der Waals surface area contributed by atoms with Gasteiger partial charge in [0.25, 0.3) is 0 Å². The molecule has 2 N–H and O–H groups in total. The maximum atomic E-state index is 9.91. The molecule has 2 rings (SSSR count). The topological polar surface area (TPSA) is 41.5 Å². The number of nitrogens with one attached hydrogen (secondary N) is 1. The van der Waals surface area contributed by atoms with E-state index in [1.54, 1.807) is 30.3 Å². The maximum absolute atomic E-state index is 9.91. The molecule has 1 atom stereocenters. The van der Waals surface area contributed by atoms with Crippen LogP contribution in [0.1, 0.15) is 0 Å². The van der Waals surface area contributed by atoms with E-state index in [1.165, 1.54) is 0 Å². The van der Waals surface area contributed by atoms with Crippen LogP contribution in [0.5, 0.6) is 5.75 Å². The molecule has 0 aromatic heterocycles. The van der Waals surface area contributed by atoms with Gasteiger partial charge >= 0.3 is 0 Å². The fourth-order valence-electron chi connectivity index (χ4n) is 1.67. The second-order valence-electron chi connectivity index (χ2n) is 4.40. The number of hydrogen-bond acceptors (Lipinski definition) is 3. The van der Waals surface area contributed by atoms with E-state index >= 15 is 0 Å². The van der Waals surface area contributed by atoms with Crippen LogP contribution in [0.3, 0.4) is 0 Å². The molecule has 0 aliphatic rings. The Hall–Kier alpha value is -1.13. The Kier molecular flexibility index (Phi) is 6.00. The van der Waals surface area contributed by atoms with Gasteiger partial charge in [0.2, 0.25) is 0 Å². The van der Waals surface area contributed by atoms with E-state index in [9.17, 15) is 5.11 Å². The molecule has 3 nitrogen and oxygen atoms in total. The summed E-state index contributed by atoms with van der Waals surface area (Å²) in [5, 5.41) is 14.5. The summed E-state index contributed by atoms with van der Waals surface area (Å²) in [4.78, 5) is 0. The van der Waals surface area contributed by atoms with Crippen molar-refractivity contribution in [3.63, 3.8) is 0 Å². The molecular weight excluding hydrogens is 333 g/mol. The zero-order valence-corrected chi connectivity index (χ0v) is 13.3. The summed E-state index contributed by atoms with van der Waals surface area (Å²) in [6.45, 7) is 0.424. The summed E-state index contributed by atoms with van der Waals surface area (Å²) in [5.74, 6) is 0.544. The molecule has 0 bridgehead atoms. The largest absolute Gasteiger partial charge is 0.489 e. The molecule has 2 aromatic rings. The standard InChI is InChI=1S/C15H14Cl3NO2/c16-10-5-6-14(13(18)7-10)19-8-11(20)9-21-15-4-2-1-3-12(15)17/h1-7,11,19-20H,8-9H2. The molecule has 0 spiro atoms. The SMILES string of the molecule is OC(CNc1ccc(Cl)cc1Cl)COc1ccccc1Cl. The van der Waals surface area contributed by atoms with Gasteiger partial charge in [-0.1, -0.05) is 46.9 Å². The van der Waals surface area contributed by atoms with Gasteiger partial charge in [0, 0.05) is 11.6 Å². The van der Waals surface area contributed by atoms with Crippen LogP contribution < -0.4 is 10.1 Å². The molecule has 2 aromatic carbocycles. The van der Waals surface area contributed by atoms with Crippen molar-refractivity contribution in [1.29, 1.82) is 0 Å². The number of halogens is 3. The highest BCUT2D eigenvalue weighted by molar-refractivity contribution is 6.36. The second kappa shape index (κ2) is 7.76. The van der Waals surface area contributed by atoms with Crippen LogP contribution in [-0.2, 0) is 0 Å². The predicted octanol–water partition coefficient (Wildman–Crippen LogP) is 4.50. The van der Waals surface area contributed by atoms with E-state index in [-0.39, 0.29) is 6.61 Å². The molecule has 0 saturated heterocycles. The van der Waals surface area contributed by atoms with Crippen molar-refractivity contribution >= 4 is 40.5 Å². The van der Waals surface area contributed by atoms with Crippen LogP contribution >= 0.6 is 34.8 Å². The van der Waals surface area contributed by atoms with Crippen molar-refractivity contribution in [2.24, 2.45) is 0 Å². The molecule has 21 heavy (non-hydrogen) atoms. The Balaban J connectivity index is 1.82. The first-order valence-electron chi connectivity index (χ1n) is 6.30. The lowest BCUT2D eigenvalue weighted by molar-refractivity contribution is 0.117. The minimum absolute atomic E-state index is 0.127. The zero-order chi connectivity index (χ0) is 15.2. The van der Waals surface area contributed by atoms with Crippen LogP contribution in [0, 0.1) is 0 Å². The van der Waals surface area contributed by atoms with Crippen LogP contribution in [0.2, 0.25) is 15.1 Å². The number of hydrogen-bond donors (Lipinski definition) is 2. The molecule has 0 fully saturated rings. The van der Waals surface area contributed by atoms with Gasteiger partial charge in [-0.25, -0.2) is 0 Å². The van der Waals surface area contributed by atoms with E-state index in [4.69, 9.17) is 39.5 Å². The highest BCUT2D eigenvalue weighted by Crippen LogP contribution is 2.25. The van der Waals surface area contributed by atoms with E-state index in [1.807, 2.05) is 12.1 Å². The van der Waals surface area contributed by atoms with Gasteiger partial charge in [0.15, 0.2) is 0 Å².